The zero-order valence-electron chi connectivity index (χ0n) is 10.5. The van der Waals surface area contributed by atoms with E-state index in [2.05, 4.69) is 20.4 Å². The molecular weight excluding hydrogens is 260 g/mol. The van der Waals surface area contributed by atoms with Crippen molar-refractivity contribution in [2.75, 3.05) is 12.4 Å². The van der Waals surface area contributed by atoms with Crippen LogP contribution in [0.1, 0.15) is 0 Å². The minimum atomic E-state index is -0.441. The second kappa shape index (κ2) is 4.57. The SMILES string of the molecule is CNc1ncnc2c1cnn2-c1ccccc1[N+](=O)[O-]. The largest absolute Gasteiger partial charge is 0.372 e. The fraction of sp³-hybridized carbons (Fsp3) is 0.0833. The molecule has 0 amide bonds. The van der Waals surface area contributed by atoms with Crippen LogP contribution >= 0.6 is 0 Å². The predicted molar refractivity (Wildman–Crippen MR) is 72.9 cm³/mol. The lowest BCUT2D eigenvalue weighted by Crippen LogP contribution is -2.02. The van der Waals surface area contributed by atoms with E-state index in [4.69, 9.17) is 0 Å². The van der Waals surface area contributed by atoms with E-state index in [1.165, 1.54) is 17.1 Å². The number of hydrogen-bond donors (Lipinski definition) is 1. The molecule has 0 saturated heterocycles. The number of rotatable bonds is 3. The number of hydrogen-bond acceptors (Lipinski definition) is 6. The maximum atomic E-state index is 11.1. The summed E-state index contributed by atoms with van der Waals surface area (Å²) in [5, 5.41) is 18.9. The Labute approximate surface area is 113 Å². The molecule has 8 heteroatoms. The van der Waals surface area contributed by atoms with Gasteiger partial charge >= 0.3 is 0 Å². The summed E-state index contributed by atoms with van der Waals surface area (Å²) in [7, 11) is 1.74. The van der Waals surface area contributed by atoms with Crippen molar-refractivity contribution >= 4 is 22.5 Å². The van der Waals surface area contributed by atoms with E-state index in [1.807, 2.05) is 0 Å². The van der Waals surface area contributed by atoms with Crippen molar-refractivity contribution < 1.29 is 4.92 Å². The van der Waals surface area contributed by atoms with Crippen LogP contribution in [0.4, 0.5) is 11.5 Å². The highest BCUT2D eigenvalue weighted by Crippen LogP contribution is 2.26. The number of nitrogens with one attached hydrogen (secondary N) is 1. The van der Waals surface area contributed by atoms with Gasteiger partial charge in [-0.2, -0.15) is 5.10 Å². The summed E-state index contributed by atoms with van der Waals surface area (Å²) < 4.78 is 1.44. The number of nitrogens with zero attached hydrogens (tertiary/aromatic N) is 5. The molecule has 0 aliphatic carbocycles. The summed E-state index contributed by atoms with van der Waals surface area (Å²) in [6.07, 6.45) is 2.97. The van der Waals surface area contributed by atoms with E-state index >= 15 is 0 Å². The lowest BCUT2D eigenvalue weighted by Gasteiger charge is -2.04. The lowest BCUT2D eigenvalue weighted by molar-refractivity contribution is -0.384. The van der Waals surface area contributed by atoms with Gasteiger partial charge in [-0.3, -0.25) is 10.1 Å². The number of fused-ring (bicyclic) bond motifs is 1. The molecule has 0 radical (unpaired) electrons. The first-order chi connectivity index (χ1) is 9.72. The van der Waals surface area contributed by atoms with Crippen molar-refractivity contribution in [2.24, 2.45) is 0 Å². The molecule has 0 aliphatic heterocycles. The van der Waals surface area contributed by atoms with Gasteiger partial charge in [0.25, 0.3) is 5.69 Å². The van der Waals surface area contributed by atoms with Crippen LogP contribution in [0.3, 0.4) is 0 Å². The highest BCUT2D eigenvalue weighted by molar-refractivity contribution is 5.87. The van der Waals surface area contributed by atoms with Gasteiger partial charge in [0.05, 0.1) is 16.5 Å². The monoisotopic (exact) mass is 270 g/mol. The third-order valence-electron chi connectivity index (χ3n) is 2.91. The van der Waals surface area contributed by atoms with Crippen LogP contribution in [0.15, 0.2) is 36.8 Å². The number of benzene rings is 1. The molecule has 0 fully saturated rings. The molecule has 3 rings (SSSR count). The van der Waals surface area contributed by atoms with Crippen LogP contribution in [0.2, 0.25) is 0 Å². The van der Waals surface area contributed by atoms with E-state index in [0.717, 1.165) is 0 Å². The van der Waals surface area contributed by atoms with Crippen LogP contribution in [0.5, 0.6) is 0 Å². The Hall–Kier alpha value is -3.03. The first-order valence-corrected chi connectivity index (χ1v) is 5.82. The van der Waals surface area contributed by atoms with Gasteiger partial charge in [0.1, 0.15) is 17.8 Å². The van der Waals surface area contributed by atoms with Crippen molar-refractivity contribution in [3.05, 3.63) is 46.9 Å². The van der Waals surface area contributed by atoms with Gasteiger partial charge in [0.2, 0.25) is 0 Å². The van der Waals surface area contributed by atoms with E-state index in [0.29, 0.717) is 22.5 Å². The van der Waals surface area contributed by atoms with Gasteiger partial charge < -0.3 is 5.32 Å². The molecule has 2 aromatic heterocycles. The molecular formula is C12H10N6O2. The van der Waals surface area contributed by atoms with Gasteiger partial charge in [-0.1, -0.05) is 12.1 Å². The minimum Gasteiger partial charge on any atom is -0.372 e. The third kappa shape index (κ3) is 1.74. The fourth-order valence-corrected chi connectivity index (χ4v) is 2.02. The Morgan fingerprint density at radius 2 is 2.10 bits per heavy atom. The molecule has 0 atom stereocenters. The molecule has 0 bridgehead atoms. The number of nitro groups is 1. The smallest absolute Gasteiger partial charge is 0.294 e. The molecule has 0 unspecified atom stereocenters. The highest BCUT2D eigenvalue weighted by Gasteiger charge is 2.18. The molecule has 20 heavy (non-hydrogen) atoms. The quantitative estimate of drug-likeness (QED) is 0.575. The van der Waals surface area contributed by atoms with Crippen molar-refractivity contribution in [2.45, 2.75) is 0 Å². The zero-order valence-corrected chi connectivity index (χ0v) is 10.5. The van der Waals surface area contributed by atoms with Crippen LogP contribution in [-0.4, -0.2) is 31.7 Å². The summed E-state index contributed by atoms with van der Waals surface area (Å²) in [4.78, 5) is 18.9. The fourth-order valence-electron chi connectivity index (χ4n) is 2.02. The van der Waals surface area contributed by atoms with Crippen LogP contribution in [-0.2, 0) is 0 Å². The van der Waals surface area contributed by atoms with Gasteiger partial charge in [-0.25, -0.2) is 14.6 Å². The van der Waals surface area contributed by atoms with E-state index in [9.17, 15) is 10.1 Å². The number of nitro benzene ring substituents is 1. The lowest BCUT2D eigenvalue weighted by atomic mass is 10.2. The van der Waals surface area contributed by atoms with Gasteiger partial charge in [-0.15, -0.1) is 0 Å². The molecule has 100 valence electrons. The highest BCUT2D eigenvalue weighted by atomic mass is 16.6. The zero-order chi connectivity index (χ0) is 14.1. The van der Waals surface area contributed by atoms with E-state index in [1.54, 1.807) is 31.4 Å². The summed E-state index contributed by atoms with van der Waals surface area (Å²) in [6, 6.07) is 6.39. The summed E-state index contributed by atoms with van der Waals surface area (Å²) in [5.74, 6) is 0.625. The number of para-hydroxylation sites is 2. The maximum Gasteiger partial charge on any atom is 0.294 e. The van der Waals surface area contributed by atoms with E-state index in [-0.39, 0.29) is 5.69 Å². The third-order valence-corrected chi connectivity index (χ3v) is 2.91. The molecule has 0 spiro atoms. The normalized spacial score (nSPS) is 10.7. The summed E-state index contributed by atoms with van der Waals surface area (Å²) >= 11 is 0. The van der Waals surface area contributed by atoms with Crippen LogP contribution in [0, 0.1) is 10.1 Å². The second-order valence-corrected chi connectivity index (χ2v) is 4.01. The Bertz CT molecular complexity index is 797. The number of aromatic nitrogens is 4. The van der Waals surface area contributed by atoms with Gasteiger partial charge in [0.15, 0.2) is 5.65 Å². The standard InChI is InChI=1S/C12H10N6O2/c1-13-11-8-6-16-17(12(8)15-7-14-11)9-4-2-3-5-10(9)18(19)20/h2-7H,1H3,(H,13,14,15). The van der Waals surface area contributed by atoms with Crippen LogP contribution in [0.25, 0.3) is 16.7 Å². The molecule has 2 heterocycles. The first kappa shape index (κ1) is 12.0. The van der Waals surface area contributed by atoms with Crippen LogP contribution < -0.4 is 5.32 Å². The Balaban J connectivity index is 2.29. The number of anilines is 1. The molecule has 8 nitrogen and oxygen atoms in total. The van der Waals surface area contributed by atoms with Gasteiger partial charge in [-0.05, 0) is 6.07 Å². The average Bonchev–Trinajstić information content (AvgIpc) is 2.90. The van der Waals surface area contributed by atoms with Crippen molar-refractivity contribution in [1.29, 1.82) is 0 Å². The van der Waals surface area contributed by atoms with Crippen molar-refractivity contribution in [3.8, 4) is 5.69 Å². The molecule has 3 aromatic rings. The van der Waals surface area contributed by atoms with Gasteiger partial charge in [0, 0.05) is 13.1 Å². The minimum absolute atomic E-state index is 0.0258. The molecule has 1 N–H and O–H groups in total. The summed E-state index contributed by atoms with van der Waals surface area (Å²) in [6.45, 7) is 0. The molecule has 0 aliphatic rings. The van der Waals surface area contributed by atoms with Crippen molar-refractivity contribution in [3.63, 3.8) is 0 Å². The predicted octanol–water partition coefficient (Wildman–Crippen LogP) is 1.77. The summed E-state index contributed by atoms with van der Waals surface area (Å²) in [5.41, 5.74) is 0.856. The topological polar surface area (TPSA) is 98.8 Å². The second-order valence-electron chi connectivity index (χ2n) is 4.01. The van der Waals surface area contributed by atoms with E-state index < -0.39 is 4.92 Å². The Morgan fingerprint density at radius 1 is 1.30 bits per heavy atom. The Morgan fingerprint density at radius 3 is 2.85 bits per heavy atom. The molecule has 0 saturated carbocycles. The first-order valence-electron chi connectivity index (χ1n) is 5.82. The maximum absolute atomic E-state index is 11.1. The Kier molecular flexibility index (Phi) is 2.75. The van der Waals surface area contributed by atoms with Crippen molar-refractivity contribution in [1.82, 2.24) is 19.7 Å². The molecule has 1 aromatic carbocycles. The average molecular weight is 270 g/mol.